The molecule has 132 valence electrons. The van der Waals surface area contributed by atoms with Gasteiger partial charge >= 0.3 is 0 Å². The van der Waals surface area contributed by atoms with E-state index < -0.39 is 9.84 Å². The van der Waals surface area contributed by atoms with Crippen LogP contribution in [0.2, 0.25) is 0 Å². The lowest BCUT2D eigenvalue weighted by Crippen LogP contribution is -2.46. The van der Waals surface area contributed by atoms with Gasteiger partial charge in [0.05, 0.1) is 23.9 Å². The highest BCUT2D eigenvalue weighted by atomic mass is 32.2. The number of carbonyl (C=O) groups excluding carboxylic acids is 1. The minimum atomic E-state index is -3.01. The monoisotopic (exact) mass is 353 g/mol. The number of nitrogens with zero attached hydrogens (tertiary/aromatic N) is 4. The molecule has 0 aliphatic carbocycles. The normalized spacial score (nSPS) is 24.0. The van der Waals surface area contributed by atoms with Gasteiger partial charge in [-0.05, 0) is 13.0 Å². The number of hydrogen-bond acceptors (Lipinski definition) is 7. The van der Waals surface area contributed by atoms with E-state index in [4.69, 9.17) is 0 Å². The molecule has 0 radical (unpaired) electrons. The Morgan fingerprint density at radius 2 is 2.00 bits per heavy atom. The molecule has 3 heterocycles. The number of piperazine rings is 1. The maximum Gasteiger partial charge on any atom is 0.271 e. The molecule has 8 nitrogen and oxygen atoms in total. The Hall–Kier alpha value is -1.74. The van der Waals surface area contributed by atoms with E-state index in [-0.39, 0.29) is 29.1 Å². The van der Waals surface area contributed by atoms with E-state index >= 15 is 0 Å². The first-order valence-corrected chi connectivity index (χ1v) is 10.1. The summed E-state index contributed by atoms with van der Waals surface area (Å²) in [5.41, 5.74) is 0.218. The van der Waals surface area contributed by atoms with Crippen molar-refractivity contribution in [3.8, 4) is 0 Å². The van der Waals surface area contributed by atoms with Gasteiger partial charge in [-0.3, -0.25) is 4.79 Å². The fourth-order valence-corrected chi connectivity index (χ4v) is 4.74. The number of carbonyl (C=O) groups is 1. The van der Waals surface area contributed by atoms with Crippen LogP contribution in [0.25, 0.3) is 0 Å². The average Bonchev–Trinajstić information content (AvgIpc) is 2.93. The van der Waals surface area contributed by atoms with Crippen molar-refractivity contribution in [3.05, 3.63) is 18.1 Å². The zero-order chi connectivity index (χ0) is 17.2. The lowest BCUT2D eigenvalue weighted by Gasteiger charge is -2.34. The second-order valence-corrected chi connectivity index (χ2v) is 8.48. The van der Waals surface area contributed by atoms with E-state index in [2.05, 4.69) is 32.0 Å². The zero-order valence-electron chi connectivity index (χ0n) is 13.8. The number of hydrogen-bond donors (Lipinski definition) is 1. The smallest absolute Gasteiger partial charge is 0.271 e. The van der Waals surface area contributed by atoms with E-state index in [1.54, 1.807) is 6.20 Å². The summed E-state index contributed by atoms with van der Waals surface area (Å²) in [6.45, 7) is 6.99. The summed E-state index contributed by atoms with van der Waals surface area (Å²) in [7, 11) is -3.01. The zero-order valence-corrected chi connectivity index (χ0v) is 14.6. The molecule has 0 aromatic carbocycles. The van der Waals surface area contributed by atoms with Crippen molar-refractivity contribution >= 4 is 21.6 Å². The molecule has 1 atom stereocenters. The van der Waals surface area contributed by atoms with E-state index in [9.17, 15) is 13.2 Å². The van der Waals surface area contributed by atoms with E-state index in [0.717, 1.165) is 38.5 Å². The summed E-state index contributed by atoms with van der Waals surface area (Å²) >= 11 is 0. The Balaban J connectivity index is 1.57. The lowest BCUT2D eigenvalue weighted by molar-refractivity contribution is 0.0935. The van der Waals surface area contributed by atoms with E-state index in [1.807, 2.05) is 0 Å². The molecule has 0 bridgehead atoms. The largest absolute Gasteiger partial charge is 0.353 e. The highest BCUT2D eigenvalue weighted by Gasteiger charge is 2.29. The summed E-state index contributed by atoms with van der Waals surface area (Å²) < 4.78 is 22.9. The van der Waals surface area contributed by atoms with Crippen LogP contribution in [0.1, 0.15) is 23.8 Å². The molecule has 1 unspecified atom stereocenters. The van der Waals surface area contributed by atoms with Gasteiger partial charge in [-0.15, -0.1) is 0 Å². The van der Waals surface area contributed by atoms with Crippen LogP contribution in [0.3, 0.4) is 0 Å². The van der Waals surface area contributed by atoms with Crippen LogP contribution in [0, 0.1) is 0 Å². The number of nitrogens with one attached hydrogen (secondary N) is 1. The molecule has 1 N–H and O–H groups in total. The van der Waals surface area contributed by atoms with Gasteiger partial charge < -0.3 is 15.1 Å². The number of aromatic nitrogens is 2. The highest BCUT2D eigenvalue weighted by molar-refractivity contribution is 7.91. The molecular weight excluding hydrogens is 330 g/mol. The predicted molar refractivity (Wildman–Crippen MR) is 90.9 cm³/mol. The van der Waals surface area contributed by atoms with E-state index in [0.29, 0.717) is 6.42 Å². The highest BCUT2D eigenvalue weighted by Crippen LogP contribution is 2.14. The molecule has 0 saturated carbocycles. The Labute approximate surface area is 142 Å². The van der Waals surface area contributed by atoms with Crippen LogP contribution in [-0.4, -0.2) is 79.5 Å². The third-order valence-electron chi connectivity index (χ3n) is 4.58. The molecule has 1 aromatic heterocycles. The van der Waals surface area contributed by atoms with Crippen molar-refractivity contribution in [2.75, 3.05) is 49.1 Å². The van der Waals surface area contributed by atoms with E-state index in [1.165, 1.54) is 6.20 Å². The SMILES string of the molecule is CCN1CCN(c2cnc(C(=O)NC3CCS(=O)(=O)C3)cn2)CC1. The molecule has 1 aromatic rings. The number of likely N-dealkylation sites (N-methyl/N-ethyl adjacent to an activating group) is 1. The van der Waals surface area contributed by atoms with Gasteiger partial charge in [0.1, 0.15) is 11.5 Å². The van der Waals surface area contributed by atoms with Crippen molar-refractivity contribution in [2.45, 2.75) is 19.4 Å². The third-order valence-corrected chi connectivity index (χ3v) is 6.35. The van der Waals surface area contributed by atoms with Crippen molar-refractivity contribution in [1.82, 2.24) is 20.2 Å². The van der Waals surface area contributed by atoms with Gasteiger partial charge in [-0.25, -0.2) is 18.4 Å². The summed E-state index contributed by atoms with van der Waals surface area (Å²) in [6, 6.07) is -0.328. The maximum atomic E-state index is 12.2. The molecule has 2 saturated heterocycles. The van der Waals surface area contributed by atoms with Crippen LogP contribution in [-0.2, 0) is 9.84 Å². The van der Waals surface area contributed by atoms with Crippen LogP contribution in [0.5, 0.6) is 0 Å². The average molecular weight is 353 g/mol. The molecule has 9 heteroatoms. The molecule has 0 spiro atoms. The third kappa shape index (κ3) is 4.02. The molecule has 2 fully saturated rings. The molecule has 1 amide bonds. The van der Waals surface area contributed by atoms with Gasteiger partial charge in [0.15, 0.2) is 9.84 Å². The molecule has 3 rings (SSSR count). The summed E-state index contributed by atoms with van der Waals surface area (Å²) in [5.74, 6) is 0.538. The van der Waals surface area contributed by atoms with Crippen LogP contribution in [0.15, 0.2) is 12.4 Å². The summed E-state index contributed by atoms with van der Waals surface area (Å²) in [5, 5.41) is 2.72. The van der Waals surface area contributed by atoms with Gasteiger partial charge in [-0.2, -0.15) is 0 Å². The second-order valence-electron chi connectivity index (χ2n) is 6.25. The van der Waals surface area contributed by atoms with Crippen molar-refractivity contribution < 1.29 is 13.2 Å². The fraction of sp³-hybridized carbons (Fsp3) is 0.667. The standard InChI is InChI=1S/C15H23N5O3S/c1-2-19-4-6-20(7-5-19)14-10-16-13(9-17-14)15(21)18-12-3-8-24(22,23)11-12/h9-10,12H,2-8,11H2,1H3,(H,18,21). The van der Waals surface area contributed by atoms with Crippen LogP contribution < -0.4 is 10.2 Å². The molecular formula is C15H23N5O3S. The first-order valence-electron chi connectivity index (χ1n) is 8.27. The quantitative estimate of drug-likeness (QED) is 0.782. The topological polar surface area (TPSA) is 95.5 Å². The summed E-state index contributed by atoms with van der Waals surface area (Å²) in [4.78, 5) is 25.2. The van der Waals surface area contributed by atoms with Crippen molar-refractivity contribution in [3.63, 3.8) is 0 Å². The maximum absolute atomic E-state index is 12.2. The molecule has 24 heavy (non-hydrogen) atoms. The number of sulfone groups is 1. The Morgan fingerprint density at radius 1 is 1.25 bits per heavy atom. The van der Waals surface area contributed by atoms with Crippen LogP contribution in [0.4, 0.5) is 5.82 Å². The first kappa shape index (κ1) is 17.1. The van der Waals surface area contributed by atoms with Crippen molar-refractivity contribution in [1.29, 1.82) is 0 Å². The molecule has 2 aliphatic rings. The predicted octanol–water partition coefficient (Wildman–Crippen LogP) is -0.465. The van der Waals surface area contributed by atoms with Gasteiger partial charge in [0.25, 0.3) is 5.91 Å². The van der Waals surface area contributed by atoms with Gasteiger partial charge in [0, 0.05) is 32.2 Å². The number of amides is 1. The molecule has 2 aliphatic heterocycles. The fourth-order valence-electron chi connectivity index (χ4n) is 3.06. The lowest BCUT2D eigenvalue weighted by atomic mass is 10.2. The number of anilines is 1. The van der Waals surface area contributed by atoms with Gasteiger partial charge in [-0.1, -0.05) is 6.92 Å². The Kier molecular flexibility index (Phi) is 5.00. The van der Waals surface area contributed by atoms with Crippen LogP contribution >= 0.6 is 0 Å². The minimum absolute atomic E-state index is 0.00591. The first-order chi connectivity index (χ1) is 11.5. The summed E-state index contributed by atoms with van der Waals surface area (Å²) in [6.07, 6.45) is 3.53. The number of rotatable bonds is 4. The van der Waals surface area contributed by atoms with Crippen molar-refractivity contribution in [2.24, 2.45) is 0 Å². The van der Waals surface area contributed by atoms with Gasteiger partial charge in [0.2, 0.25) is 0 Å². The Bertz CT molecular complexity index is 684. The minimum Gasteiger partial charge on any atom is -0.353 e. The second kappa shape index (κ2) is 7.02. The Morgan fingerprint density at radius 3 is 2.54 bits per heavy atom.